The van der Waals surface area contributed by atoms with Crippen molar-refractivity contribution < 1.29 is 9.13 Å². The van der Waals surface area contributed by atoms with Crippen LogP contribution in [0.25, 0.3) is 11.2 Å². The van der Waals surface area contributed by atoms with E-state index in [-0.39, 0.29) is 12.6 Å². The van der Waals surface area contributed by atoms with E-state index in [0.29, 0.717) is 11.2 Å². The smallest absolute Gasteiger partial charge is 0.318 e. The summed E-state index contributed by atoms with van der Waals surface area (Å²) in [6.07, 6.45) is 1.56. The number of hydrogen-bond donors (Lipinski definition) is 0. The monoisotopic (exact) mass is 210 g/mol. The molecule has 15 heavy (non-hydrogen) atoms. The van der Waals surface area contributed by atoms with E-state index in [0.717, 1.165) is 5.69 Å². The number of imidazole rings is 1. The van der Waals surface area contributed by atoms with Crippen LogP contribution in [-0.4, -0.2) is 33.3 Å². The van der Waals surface area contributed by atoms with Crippen LogP contribution in [0.5, 0.6) is 6.01 Å². The first kappa shape index (κ1) is 9.82. The van der Waals surface area contributed by atoms with E-state index in [4.69, 9.17) is 4.74 Å². The number of methoxy groups -OCH3 is 1. The molecule has 6 heteroatoms. The van der Waals surface area contributed by atoms with Crippen LogP contribution in [0.1, 0.15) is 5.69 Å². The topological polar surface area (TPSA) is 52.8 Å². The van der Waals surface area contributed by atoms with Crippen molar-refractivity contribution >= 4 is 11.2 Å². The highest BCUT2D eigenvalue weighted by Crippen LogP contribution is 2.16. The quantitative estimate of drug-likeness (QED) is 0.761. The molecule has 2 heterocycles. The van der Waals surface area contributed by atoms with Gasteiger partial charge in [-0.2, -0.15) is 9.97 Å². The van der Waals surface area contributed by atoms with Gasteiger partial charge in [0.15, 0.2) is 5.65 Å². The van der Waals surface area contributed by atoms with E-state index in [1.54, 1.807) is 10.9 Å². The predicted octanol–water partition coefficient (Wildman–Crippen LogP) is 1.11. The summed E-state index contributed by atoms with van der Waals surface area (Å²) in [4.78, 5) is 12.4. The van der Waals surface area contributed by atoms with Crippen molar-refractivity contribution in [3.8, 4) is 6.01 Å². The number of ether oxygens (including phenoxy) is 1. The second-order valence-electron chi connectivity index (χ2n) is 3.09. The van der Waals surface area contributed by atoms with Crippen LogP contribution in [0, 0.1) is 6.92 Å². The van der Waals surface area contributed by atoms with Crippen molar-refractivity contribution in [2.45, 2.75) is 13.5 Å². The first-order chi connectivity index (χ1) is 7.26. The third-order valence-corrected chi connectivity index (χ3v) is 2.13. The van der Waals surface area contributed by atoms with Gasteiger partial charge in [-0.25, -0.2) is 9.37 Å². The van der Waals surface area contributed by atoms with Crippen molar-refractivity contribution in [1.29, 1.82) is 0 Å². The van der Waals surface area contributed by atoms with E-state index in [2.05, 4.69) is 15.0 Å². The van der Waals surface area contributed by atoms with Crippen molar-refractivity contribution in [2.24, 2.45) is 0 Å². The number of nitrogens with zero attached hydrogens (tertiary/aromatic N) is 4. The molecule has 0 aliphatic carbocycles. The Hall–Kier alpha value is -1.72. The average molecular weight is 210 g/mol. The minimum absolute atomic E-state index is 0.246. The third kappa shape index (κ3) is 1.62. The highest BCUT2D eigenvalue weighted by molar-refractivity contribution is 5.73. The lowest BCUT2D eigenvalue weighted by Crippen LogP contribution is -2.01. The Morgan fingerprint density at radius 3 is 2.93 bits per heavy atom. The van der Waals surface area contributed by atoms with Crippen molar-refractivity contribution in [2.75, 3.05) is 13.8 Å². The minimum atomic E-state index is -0.448. The maximum Gasteiger partial charge on any atom is 0.318 e. The highest BCUT2D eigenvalue weighted by Gasteiger charge is 2.10. The number of rotatable bonds is 3. The second-order valence-corrected chi connectivity index (χ2v) is 3.09. The third-order valence-electron chi connectivity index (χ3n) is 2.13. The maximum absolute atomic E-state index is 12.2. The lowest BCUT2D eigenvalue weighted by atomic mass is 10.4. The molecule has 0 spiro atoms. The van der Waals surface area contributed by atoms with Crippen LogP contribution in [0.15, 0.2) is 6.33 Å². The zero-order valence-corrected chi connectivity index (χ0v) is 8.57. The van der Waals surface area contributed by atoms with Gasteiger partial charge in [-0.1, -0.05) is 0 Å². The van der Waals surface area contributed by atoms with Gasteiger partial charge in [0, 0.05) is 0 Å². The van der Waals surface area contributed by atoms with E-state index in [1.807, 2.05) is 6.92 Å². The number of aryl methyl sites for hydroxylation is 2. The lowest BCUT2D eigenvalue weighted by molar-refractivity contribution is 0.379. The Morgan fingerprint density at radius 2 is 2.27 bits per heavy atom. The molecule has 0 bridgehead atoms. The van der Waals surface area contributed by atoms with Gasteiger partial charge in [0.2, 0.25) is 0 Å². The summed E-state index contributed by atoms with van der Waals surface area (Å²) < 4.78 is 18.8. The molecule has 0 aliphatic rings. The Balaban J connectivity index is 2.61. The SMILES string of the molecule is COc1nc(C)c2ncn(CCF)c2n1. The molecule has 0 aliphatic heterocycles. The van der Waals surface area contributed by atoms with Crippen molar-refractivity contribution in [1.82, 2.24) is 19.5 Å². The normalized spacial score (nSPS) is 10.9. The molecule has 0 saturated carbocycles. The van der Waals surface area contributed by atoms with Gasteiger partial charge in [0.05, 0.1) is 25.7 Å². The molecule has 0 N–H and O–H groups in total. The molecule has 2 aromatic heterocycles. The van der Waals surface area contributed by atoms with Crippen molar-refractivity contribution in [3.05, 3.63) is 12.0 Å². The van der Waals surface area contributed by atoms with E-state index < -0.39 is 6.67 Å². The summed E-state index contributed by atoms with van der Waals surface area (Å²) in [5.74, 6) is 0. The molecule has 80 valence electrons. The van der Waals surface area contributed by atoms with E-state index in [9.17, 15) is 4.39 Å². The Kier molecular flexibility index (Phi) is 2.49. The summed E-state index contributed by atoms with van der Waals surface area (Å²) in [5, 5.41) is 0. The van der Waals surface area contributed by atoms with Gasteiger partial charge in [-0.15, -0.1) is 0 Å². The van der Waals surface area contributed by atoms with Crippen LogP contribution < -0.4 is 4.74 Å². The van der Waals surface area contributed by atoms with Crippen LogP contribution in [0.4, 0.5) is 4.39 Å². The Labute approximate surface area is 85.9 Å². The molecule has 0 unspecified atom stereocenters. The number of halogens is 1. The standard InChI is InChI=1S/C9H11FN4O/c1-6-7-8(13-9(12-6)15-2)14(4-3-10)5-11-7/h5H,3-4H2,1-2H3. The van der Waals surface area contributed by atoms with E-state index in [1.165, 1.54) is 7.11 Å². The summed E-state index contributed by atoms with van der Waals surface area (Å²) in [7, 11) is 1.50. The fraction of sp³-hybridized carbons (Fsp3) is 0.444. The van der Waals surface area contributed by atoms with Gasteiger partial charge in [-0.3, -0.25) is 0 Å². The fourth-order valence-corrected chi connectivity index (χ4v) is 1.41. The molecular weight excluding hydrogens is 199 g/mol. The van der Waals surface area contributed by atoms with Gasteiger partial charge in [0.1, 0.15) is 12.2 Å². The van der Waals surface area contributed by atoms with Gasteiger partial charge < -0.3 is 9.30 Å². The van der Waals surface area contributed by atoms with Crippen molar-refractivity contribution in [3.63, 3.8) is 0 Å². The van der Waals surface area contributed by atoms with Crippen LogP contribution >= 0.6 is 0 Å². The summed E-state index contributed by atoms with van der Waals surface area (Å²) >= 11 is 0. The molecule has 0 amide bonds. The lowest BCUT2D eigenvalue weighted by Gasteiger charge is -2.02. The molecule has 0 atom stereocenters. The van der Waals surface area contributed by atoms with Crippen LogP contribution in [-0.2, 0) is 6.54 Å². The first-order valence-electron chi connectivity index (χ1n) is 4.55. The molecule has 0 radical (unpaired) electrons. The average Bonchev–Trinajstić information content (AvgIpc) is 2.63. The van der Waals surface area contributed by atoms with Gasteiger partial charge >= 0.3 is 6.01 Å². The zero-order chi connectivity index (χ0) is 10.8. The Morgan fingerprint density at radius 1 is 1.47 bits per heavy atom. The molecule has 5 nitrogen and oxygen atoms in total. The molecule has 0 aromatic carbocycles. The molecule has 2 aromatic rings. The number of alkyl halides is 1. The minimum Gasteiger partial charge on any atom is -0.467 e. The largest absolute Gasteiger partial charge is 0.467 e. The number of aromatic nitrogens is 4. The number of hydrogen-bond acceptors (Lipinski definition) is 4. The second kappa shape index (κ2) is 3.80. The van der Waals surface area contributed by atoms with Crippen LogP contribution in [0.3, 0.4) is 0 Å². The first-order valence-corrected chi connectivity index (χ1v) is 4.55. The van der Waals surface area contributed by atoms with Crippen LogP contribution in [0.2, 0.25) is 0 Å². The predicted molar refractivity (Wildman–Crippen MR) is 52.6 cm³/mol. The Bertz CT molecular complexity index is 482. The maximum atomic E-state index is 12.2. The molecule has 2 rings (SSSR count). The summed E-state index contributed by atoms with van der Waals surface area (Å²) in [5.41, 5.74) is 2.02. The zero-order valence-electron chi connectivity index (χ0n) is 8.57. The number of fused-ring (bicyclic) bond motifs is 1. The fourth-order valence-electron chi connectivity index (χ4n) is 1.41. The highest BCUT2D eigenvalue weighted by atomic mass is 19.1. The summed E-state index contributed by atoms with van der Waals surface area (Å²) in [6.45, 7) is 1.62. The van der Waals surface area contributed by atoms with Gasteiger partial charge in [-0.05, 0) is 6.92 Å². The summed E-state index contributed by atoms with van der Waals surface area (Å²) in [6, 6.07) is 0.278. The molecular formula is C9H11FN4O. The molecule has 0 fully saturated rings. The van der Waals surface area contributed by atoms with Gasteiger partial charge in [0.25, 0.3) is 0 Å². The molecule has 0 saturated heterocycles. The van der Waals surface area contributed by atoms with E-state index >= 15 is 0 Å².